The fourth-order valence-electron chi connectivity index (χ4n) is 2.00. The molecule has 0 bridgehead atoms. The average molecular weight is 481 g/mol. The first-order valence-corrected chi connectivity index (χ1v) is 8.88. The number of carbonyl (C=O) groups excluding carboxylic acids is 1. The van der Waals surface area contributed by atoms with Gasteiger partial charge in [-0.3, -0.25) is 9.79 Å². The third kappa shape index (κ3) is 10.5. The third-order valence-electron chi connectivity index (χ3n) is 3.36. The van der Waals surface area contributed by atoms with E-state index in [1.165, 1.54) is 0 Å². The highest BCUT2D eigenvalue weighted by atomic mass is 127. The van der Waals surface area contributed by atoms with E-state index < -0.39 is 0 Å². The number of benzene rings is 1. The quantitative estimate of drug-likeness (QED) is 0.297. The Morgan fingerprint density at radius 2 is 2.00 bits per heavy atom. The molecule has 0 aromatic heterocycles. The largest absolute Gasteiger partial charge is 0.357 e. The van der Waals surface area contributed by atoms with Gasteiger partial charge in [0.15, 0.2) is 5.96 Å². The van der Waals surface area contributed by atoms with Gasteiger partial charge in [0.05, 0.1) is 10.7 Å². The average Bonchev–Trinajstić information content (AvgIpc) is 2.50. The lowest BCUT2D eigenvalue weighted by Crippen LogP contribution is -2.38. The number of guanidine groups is 1. The maximum absolute atomic E-state index is 12.0. The van der Waals surface area contributed by atoms with Gasteiger partial charge in [-0.25, -0.2) is 0 Å². The van der Waals surface area contributed by atoms with Crippen LogP contribution in [0.15, 0.2) is 23.2 Å². The summed E-state index contributed by atoms with van der Waals surface area (Å²) in [6, 6.07) is 5.57. The first kappa shape index (κ1) is 24.0. The van der Waals surface area contributed by atoms with E-state index in [0.717, 1.165) is 31.0 Å². The van der Waals surface area contributed by atoms with Crippen molar-refractivity contribution in [3.05, 3.63) is 28.8 Å². The number of aliphatic imine (C=N–C) groups is 1. The molecule has 142 valence electrons. The smallest absolute Gasteiger partial charge is 0.226 e. The number of halogens is 2. The highest BCUT2D eigenvalue weighted by molar-refractivity contribution is 14.0. The minimum atomic E-state index is -0.0775. The van der Waals surface area contributed by atoms with Crippen LogP contribution in [0.4, 0.5) is 5.69 Å². The lowest BCUT2D eigenvalue weighted by atomic mass is 10.1. The number of hydrogen-bond donors (Lipinski definition) is 3. The van der Waals surface area contributed by atoms with Crippen molar-refractivity contribution in [3.63, 3.8) is 0 Å². The summed E-state index contributed by atoms with van der Waals surface area (Å²) < 4.78 is 0. The predicted molar refractivity (Wildman–Crippen MR) is 118 cm³/mol. The number of nitrogens with one attached hydrogen (secondary N) is 3. The van der Waals surface area contributed by atoms with Crippen molar-refractivity contribution in [2.45, 2.75) is 40.5 Å². The molecule has 25 heavy (non-hydrogen) atoms. The van der Waals surface area contributed by atoms with Crippen LogP contribution >= 0.6 is 35.6 Å². The molecule has 7 heteroatoms. The van der Waals surface area contributed by atoms with Crippen molar-refractivity contribution in [1.82, 2.24) is 10.6 Å². The number of amides is 1. The fourth-order valence-corrected chi connectivity index (χ4v) is 2.29. The molecule has 1 rings (SSSR count). The molecule has 1 amide bonds. The molecule has 1 aromatic carbocycles. The molecular formula is C18H30ClIN4O. The molecule has 0 aliphatic carbocycles. The maximum atomic E-state index is 12.0. The summed E-state index contributed by atoms with van der Waals surface area (Å²) in [5.41, 5.74) is 1.71. The molecule has 0 saturated carbocycles. The molecular weight excluding hydrogens is 451 g/mol. The Morgan fingerprint density at radius 3 is 2.60 bits per heavy atom. The fraction of sp³-hybridized carbons (Fsp3) is 0.556. The van der Waals surface area contributed by atoms with Crippen LogP contribution in [0.2, 0.25) is 5.02 Å². The molecule has 0 unspecified atom stereocenters. The van der Waals surface area contributed by atoms with Gasteiger partial charge in [-0.05, 0) is 43.9 Å². The SMILES string of the molecule is CCNC(=NCCC(C)C)NCCC(=O)Nc1ccc(C)cc1Cl.I. The zero-order valence-electron chi connectivity index (χ0n) is 15.5. The van der Waals surface area contributed by atoms with Gasteiger partial charge in [-0.15, -0.1) is 24.0 Å². The van der Waals surface area contributed by atoms with Gasteiger partial charge in [0.2, 0.25) is 5.91 Å². The van der Waals surface area contributed by atoms with Crippen molar-refractivity contribution in [1.29, 1.82) is 0 Å². The van der Waals surface area contributed by atoms with E-state index in [1.807, 2.05) is 32.0 Å². The summed E-state index contributed by atoms with van der Waals surface area (Å²) in [7, 11) is 0. The summed E-state index contributed by atoms with van der Waals surface area (Å²) in [5, 5.41) is 9.75. The normalized spacial score (nSPS) is 11.0. The summed E-state index contributed by atoms with van der Waals surface area (Å²) in [6.45, 7) is 10.4. The van der Waals surface area contributed by atoms with Gasteiger partial charge in [0.1, 0.15) is 0 Å². The second-order valence-corrected chi connectivity index (χ2v) is 6.56. The lowest BCUT2D eigenvalue weighted by Gasteiger charge is -2.12. The first-order valence-electron chi connectivity index (χ1n) is 8.50. The van der Waals surface area contributed by atoms with E-state index >= 15 is 0 Å². The monoisotopic (exact) mass is 480 g/mol. The Hall–Kier alpha value is -1.02. The Kier molecular flexibility index (Phi) is 12.7. The van der Waals surface area contributed by atoms with Crippen molar-refractivity contribution in [3.8, 4) is 0 Å². The van der Waals surface area contributed by atoms with E-state index in [4.69, 9.17) is 11.6 Å². The van der Waals surface area contributed by atoms with Gasteiger partial charge in [0, 0.05) is 26.1 Å². The van der Waals surface area contributed by atoms with Crippen LogP contribution in [0.5, 0.6) is 0 Å². The Bertz CT molecular complexity index is 564. The van der Waals surface area contributed by atoms with Crippen LogP contribution in [0.3, 0.4) is 0 Å². The minimum absolute atomic E-state index is 0. The van der Waals surface area contributed by atoms with Crippen LogP contribution in [0, 0.1) is 12.8 Å². The van der Waals surface area contributed by atoms with Crippen molar-refractivity contribution < 1.29 is 4.79 Å². The van der Waals surface area contributed by atoms with Crippen molar-refractivity contribution >= 4 is 53.1 Å². The molecule has 0 spiro atoms. The van der Waals surface area contributed by atoms with E-state index in [2.05, 4.69) is 34.8 Å². The summed E-state index contributed by atoms with van der Waals surface area (Å²) in [4.78, 5) is 16.5. The molecule has 5 nitrogen and oxygen atoms in total. The van der Waals surface area contributed by atoms with Crippen LogP contribution in [-0.2, 0) is 4.79 Å². The Balaban J connectivity index is 0.00000576. The summed E-state index contributed by atoms with van der Waals surface area (Å²) in [5.74, 6) is 1.30. The highest BCUT2D eigenvalue weighted by Crippen LogP contribution is 2.22. The van der Waals surface area contributed by atoms with Crippen LogP contribution in [0.25, 0.3) is 0 Å². The van der Waals surface area contributed by atoms with Crippen molar-refractivity contribution in [2.24, 2.45) is 10.9 Å². The van der Waals surface area contributed by atoms with Gasteiger partial charge < -0.3 is 16.0 Å². The standard InChI is InChI=1S/C18H29ClN4O.HI/c1-5-20-18(21-10-8-13(2)3)22-11-9-17(24)23-16-7-6-14(4)12-15(16)19;/h6-7,12-13H,5,8-11H2,1-4H3,(H,23,24)(H2,20,21,22);1H. The summed E-state index contributed by atoms with van der Waals surface area (Å²) in [6.07, 6.45) is 1.39. The molecule has 1 aromatic rings. The molecule has 0 aliphatic heterocycles. The number of carbonyl (C=O) groups is 1. The second kappa shape index (κ2) is 13.2. The molecule has 0 radical (unpaired) electrons. The van der Waals surface area contributed by atoms with Crippen LogP contribution in [-0.4, -0.2) is 31.5 Å². The minimum Gasteiger partial charge on any atom is -0.357 e. The predicted octanol–water partition coefficient (Wildman–Crippen LogP) is 4.20. The number of anilines is 1. The summed E-state index contributed by atoms with van der Waals surface area (Å²) >= 11 is 6.12. The van der Waals surface area contributed by atoms with E-state index in [0.29, 0.717) is 29.6 Å². The Morgan fingerprint density at radius 1 is 1.28 bits per heavy atom. The van der Waals surface area contributed by atoms with Gasteiger partial charge in [-0.1, -0.05) is 31.5 Å². The van der Waals surface area contributed by atoms with E-state index in [-0.39, 0.29) is 29.9 Å². The van der Waals surface area contributed by atoms with Crippen LogP contribution < -0.4 is 16.0 Å². The molecule has 0 aliphatic rings. The highest BCUT2D eigenvalue weighted by Gasteiger charge is 2.06. The molecule has 0 saturated heterocycles. The maximum Gasteiger partial charge on any atom is 0.226 e. The number of hydrogen-bond acceptors (Lipinski definition) is 2. The zero-order valence-corrected chi connectivity index (χ0v) is 18.6. The number of rotatable bonds is 8. The first-order chi connectivity index (χ1) is 11.4. The molecule has 0 fully saturated rings. The van der Waals surface area contributed by atoms with Gasteiger partial charge in [0.25, 0.3) is 0 Å². The molecule has 0 heterocycles. The van der Waals surface area contributed by atoms with Gasteiger partial charge >= 0.3 is 0 Å². The lowest BCUT2D eigenvalue weighted by molar-refractivity contribution is -0.116. The van der Waals surface area contributed by atoms with E-state index in [9.17, 15) is 4.79 Å². The Labute approximate surface area is 173 Å². The topological polar surface area (TPSA) is 65.5 Å². The zero-order chi connectivity index (χ0) is 17.9. The molecule has 3 N–H and O–H groups in total. The van der Waals surface area contributed by atoms with Crippen LogP contribution in [0.1, 0.15) is 39.2 Å². The third-order valence-corrected chi connectivity index (χ3v) is 3.68. The number of aryl methyl sites for hydroxylation is 1. The van der Waals surface area contributed by atoms with Gasteiger partial charge in [-0.2, -0.15) is 0 Å². The number of nitrogens with zero attached hydrogens (tertiary/aromatic N) is 1. The second-order valence-electron chi connectivity index (χ2n) is 6.15. The van der Waals surface area contributed by atoms with Crippen molar-refractivity contribution in [2.75, 3.05) is 25.0 Å². The van der Waals surface area contributed by atoms with E-state index in [1.54, 1.807) is 0 Å². The molecule has 0 atom stereocenters.